The third-order valence-corrected chi connectivity index (χ3v) is 3.48. The second kappa shape index (κ2) is 5.08. The molecule has 1 saturated heterocycles. The predicted octanol–water partition coefficient (Wildman–Crippen LogP) is 1.53. The number of carboxylic acids is 1. The lowest BCUT2D eigenvalue weighted by atomic mass is 9.85. The van der Waals surface area contributed by atoms with Crippen molar-refractivity contribution in [1.82, 2.24) is 4.90 Å². The largest absolute Gasteiger partial charge is 0.481 e. The zero-order chi connectivity index (χ0) is 13.2. The van der Waals surface area contributed by atoms with Crippen LogP contribution in [-0.2, 0) is 16.1 Å². The van der Waals surface area contributed by atoms with Crippen molar-refractivity contribution >= 4 is 5.97 Å². The zero-order valence-corrected chi connectivity index (χ0v) is 10.8. The van der Waals surface area contributed by atoms with Gasteiger partial charge in [-0.2, -0.15) is 0 Å². The summed E-state index contributed by atoms with van der Waals surface area (Å²) in [6.07, 6.45) is 0. The lowest BCUT2D eigenvalue weighted by Gasteiger charge is -2.40. The Morgan fingerprint density at radius 3 is 2.61 bits per heavy atom. The highest BCUT2D eigenvalue weighted by atomic mass is 16.5. The number of benzene rings is 1. The van der Waals surface area contributed by atoms with Crippen LogP contribution >= 0.6 is 0 Å². The summed E-state index contributed by atoms with van der Waals surface area (Å²) < 4.78 is 5.07. The Balaban J connectivity index is 1.99. The van der Waals surface area contributed by atoms with Crippen LogP contribution in [0, 0.1) is 12.3 Å². The predicted molar refractivity (Wildman–Crippen MR) is 68.4 cm³/mol. The minimum Gasteiger partial charge on any atom is -0.481 e. The average molecular weight is 249 g/mol. The van der Waals surface area contributed by atoms with E-state index in [0.717, 1.165) is 6.54 Å². The highest BCUT2D eigenvalue weighted by Gasteiger charge is 2.46. The minimum absolute atomic E-state index is 0.320. The molecule has 1 fully saturated rings. The molecule has 1 aliphatic heterocycles. The van der Waals surface area contributed by atoms with E-state index in [-0.39, 0.29) is 0 Å². The van der Waals surface area contributed by atoms with Crippen molar-refractivity contribution in [3.05, 3.63) is 35.4 Å². The second-order valence-electron chi connectivity index (χ2n) is 5.18. The normalized spacial score (nSPS) is 17.5. The summed E-state index contributed by atoms with van der Waals surface area (Å²) in [4.78, 5) is 13.3. The highest BCUT2D eigenvalue weighted by Crippen LogP contribution is 2.29. The van der Waals surface area contributed by atoms with Crippen molar-refractivity contribution < 1.29 is 14.6 Å². The third kappa shape index (κ3) is 2.54. The quantitative estimate of drug-likeness (QED) is 0.859. The number of ether oxygens (including phenoxy) is 1. The van der Waals surface area contributed by atoms with E-state index < -0.39 is 11.4 Å². The van der Waals surface area contributed by atoms with Crippen molar-refractivity contribution in [1.29, 1.82) is 0 Å². The Hall–Kier alpha value is -1.39. The molecule has 98 valence electrons. The van der Waals surface area contributed by atoms with Gasteiger partial charge < -0.3 is 14.7 Å². The summed E-state index contributed by atoms with van der Waals surface area (Å²) in [5.41, 5.74) is 1.76. The summed E-state index contributed by atoms with van der Waals surface area (Å²) in [7, 11) is 1.95. The van der Waals surface area contributed by atoms with Crippen molar-refractivity contribution in [3.63, 3.8) is 0 Å². The van der Waals surface area contributed by atoms with Crippen LogP contribution < -0.4 is 0 Å². The molecular weight excluding hydrogens is 230 g/mol. The number of hydrogen-bond acceptors (Lipinski definition) is 3. The molecule has 0 aromatic heterocycles. The highest BCUT2D eigenvalue weighted by molar-refractivity contribution is 5.76. The van der Waals surface area contributed by atoms with Gasteiger partial charge in [-0.25, -0.2) is 0 Å². The standard InChI is InChI=1S/C14H19NO3/c1-11-5-3-4-6-12(11)7-15(2)8-14(13(16)17)9-18-10-14/h3-6H,7-10H2,1-2H3,(H,16,17). The first-order valence-electron chi connectivity index (χ1n) is 6.08. The molecule has 0 spiro atoms. The molecule has 2 rings (SSSR count). The molecule has 0 atom stereocenters. The molecule has 1 aliphatic rings. The Labute approximate surface area is 107 Å². The fourth-order valence-corrected chi connectivity index (χ4v) is 2.28. The fourth-order valence-electron chi connectivity index (χ4n) is 2.28. The molecule has 1 N–H and O–H groups in total. The van der Waals surface area contributed by atoms with Crippen LogP contribution in [0.2, 0.25) is 0 Å². The van der Waals surface area contributed by atoms with Crippen LogP contribution in [-0.4, -0.2) is 42.8 Å². The lowest BCUT2D eigenvalue weighted by molar-refractivity contribution is -0.183. The maximum Gasteiger partial charge on any atom is 0.315 e. The van der Waals surface area contributed by atoms with Gasteiger partial charge in [-0.15, -0.1) is 0 Å². The molecule has 1 heterocycles. The number of carboxylic acid groups (broad SMARTS) is 1. The summed E-state index contributed by atoms with van der Waals surface area (Å²) in [6.45, 7) is 4.00. The summed E-state index contributed by atoms with van der Waals surface area (Å²) >= 11 is 0. The van der Waals surface area contributed by atoms with Gasteiger partial charge in [0.15, 0.2) is 0 Å². The van der Waals surface area contributed by atoms with Gasteiger partial charge in [0.2, 0.25) is 0 Å². The number of carbonyl (C=O) groups is 1. The van der Waals surface area contributed by atoms with E-state index >= 15 is 0 Å². The number of nitrogens with zero attached hydrogens (tertiary/aromatic N) is 1. The van der Waals surface area contributed by atoms with E-state index in [1.165, 1.54) is 11.1 Å². The molecule has 0 aliphatic carbocycles. The number of aryl methyl sites for hydroxylation is 1. The van der Waals surface area contributed by atoms with Crippen molar-refractivity contribution in [2.24, 2.45) is 5.41 Å². The molecule has 1 aromatic carbocycles. The molecule has 0 bridgehead atoms. The van der Waals surface area contributed by atoms with Crippen molar-refractivity contribution in [3.8, 4) is 0 Å². The minimum atomic E-state index is -0.759. The Morgan fingerprint density at radius 1 is 1.44 bits per heavy atom. The smallest absolute Gasteiger partial charge is 0.315 e. The molecular formula is C14H19NO3. The molecule has 0 saturated carbocycles. The SMILES string of the molecule is Cc1ccccc1CN(C)CC1(C(=O)O)COC1. The van der Waals surface area contributed by atoms with Crippen LogP contribution in [0.25, 0.3) is 0 Å². The van der Waals surface area contributed by atoms with Gasteiger partial charge in [0, 0.05) is 13.1 Å². The number of hydrogen-bond donors (Lipinski definition) is 1. The van der Waals surface area contributed by atoms with Gasteiger partial charge in [0.05, 0.1) is 13.2 Å². The molecule has 18 heavy (non-hydrogen) atoms. The first kappa shape index (κ1) is 13.1. The van der Waals surface area contributed by atoms with Gasteiger partial charge in [0.25, 0.3) is 0 Å². The van der Waals surface area contributed by atoms with Gasteiger partial charge in [-0.1, -0.05) is 24.3 Å². The second-order valence-corrected chi connectivity index (χ2v) is 5.18. The Bertz CT molecular complexity index is 440. The van der Waals surface area contributed by atoms with E-state index in [0.29, 0.717) is 19.8 Å². The lowest BCUT2D eigenvalue weighted by Crippen LogP contribution is -2.55. The van der Waals surface area contributed by atoms with Gasteiger partial charge in [-0.3, -0.25) is 4.79 Å². The van der Waals surface area contributed by atoms with Crippen LogP contribution in [0.5, 0.6) is 0 Å². The van der Waals surface area contributed by atoms with Crippen molar-refractivity contribution in [2.45, 2.75) is 13.5 Å². The maximum atomic E-state index is 11.3. The number of aliphatic carboxylic acids is 1. The fraction of sp³-hybridized carbons (Fsp3) is 0.500. The average Bonchev–Trinajstić information content (AvgIpc) is 2.26. The number of rotatable bonds is 5. The van der Waals surface area contributed by atoms with Crippen LogP contribution in [0.4, 0.5) is 0 Å². The van der Waals surface area contributed by atoms with E-state index in [9.17, 15) is 9.90 Å². The zero-order valence-electron chi connectivity index (χ0n) is 10.8. The molecule has 0 radical (unpaired) electrons. The van der Waals surface area contributed by atoms with Crippen LogP contribution in [0.1, 0.15) is 11.1 Å². The molecule has 1 aromatic rings. The van der Waals surface area contributed by atoms with Gasteiger partial charge in [-0.05, 0) is 25.1 Å². The maximum absolute atomic E-state index is 11.3. The third-order valence-electron chi connectivity index (χ3n) is 3.48. The Morgan fingerprint density at radius 2 is 2.11 bits per heavy atom. The summed E-state index contributed by atoms with van der Waals surface area (Å²) in [5, 5.41) is 9.25. The molecule has 0 amide bonds. The van der Waals surface area contributed by atoms with Crippen LogP contribution in [0.15, 0.2) is 24.3 Å². The summed E-state index contributed by atoms with van der Waals surface area (Å²) in [5.74, 6) is -0.759. The van der Waals surface area contributed by atoms with E-state index in [1.54, 1.807) is 0 Å². The van der Waals surface area contributed by atoms with Gasteiger partial charge in [0.1, 0.15) is 5.41 Å². The van der Waals surface area contributed by atoms with E-state index in [4.69, 9.17) is 4.74 Å². The van der Waals surface area contributed by atoms with Crippen molar-refractivity contribution in [2.75, 3.05) is 26.8 Å². The van der Waals surface area contributed by atoms with E-state index in [1.807, 2.05) is 19.2 Å². The first-order valence-corrected chi connectivity index (χ1v) is 6.08. The van der Waals surface area contributed by atoms with Gasteiger partial charge >= 0.3 is 5.97 Å². The molecule has 4 heteroatoms. The topological polar surface area (TPSA) is 49.8 Å². The molecule has 0 unspecified atom stereocenters. The summed E-state index contributed by atoms with van der Waals surface area (Å²) in [6, 6.07) is 8.17. The van der Waals surface area contributed by atoms with Crippen LogP contribution in [0.3, 0.4) is 0 Å². The first-order chi connectivity index (χ1) is 8.53. The monoisotopic (exact) mass is 249 g/mol. The Kier molecular flexibility index (Phi) is 3.68. The molecule has 4 nitrogen and oxygen atoms in total. The van der Waals surface area contributed by atoms with E-state index in [2.05, 4.69) is 24.0 Å².